The average molecular weight is 174 g/mol. The summed E-state index contributed by atoms with van der Waals surface area (Å²) in [6.07, 6.45) is 3.46. The molecule has 0 aromatic carbocycles. The Labute approximate surface area is 73.6 Å². The summed E-state index contributed by atoms with van der Waals surface area (Å²) in [5, 5.41) is 0. The monoisotopic (exact) mass is 174 g/mol. The van der Waals surface area contributed by atoms with Crippen molar-refractivity contribution in [3.63, 3.8) is 0 Å². The maximum atomic E-state index is 10.8. The smallest absolute Gasteiger partial charge is 0.260 e. The Morgan fingerprint density at radius 2 is 2.17 bits per heavy atom. The van der Waals surface area contributed by atoms with Crippen LogP contribution in [-0.4, -0.2) is 26.2 Å². The van der Waals surface area contributed by atoms with E-state index in [0.29, 0.717) is 0 Å². The highest BCUT2D eigenvalue weighted by molar-refractivity contribution is 5.76. The first-order chi connectivity index (χ1) is 5.81. The second kappa shape index (κ2) is 8.49. The van der Waals surface area contributed by atoms with Crippen molar-refractivity contribution >= 4 is 5.91 Å². The van der Waals surface area contributed by atoms with Crippen molar-refractivity contribution in [1.82, 2.24) is 10.9 Å². The highest BCUT2D eigenvalue weighted by Gasteiger charge is 1.96. The van der Waals surface area contributed by atoms with Crippen LogP contribution in [0.25, 0.3) is 0 Å². The van der Waals surface area contributed by atoms with Crippen LogP contribution in [0.3, 0.4) is 0 Å². The number of amides is 1. The number of nitrogens with one attached hydrogen (secondary N) is 2. The molecule has 0 unspecified atom stereocenters. The van der Waals surface area contributed by atoms with Gasteiger partial charge >= 0.3 is 0 Å². The van der Waals surface area contributed by atoms with E-state index < -0.39 is 0 Å². The maximum Gasteiger partial charge on any atom is 0.260 e. The molecule has 0 aromatic heterocycles. The Morgan fingerprint density at radius 1 is 1.42 bits per heavy atom. The summed E-state index contributed by atoms with van der Waals surface area (Å²) in [6, 6.07) is 0. The number of hydrogen-bond donors (Lipinski definition) is 2. The van der Waals surface area contributed by atoms with Crippen molar-refractivity contribution in [2.45, 2.75) is 26.2 Å². The van der Waals surface area contributed by atoms with Crippen LogP contribution in [0, 0.1) is 0 Å². The van der Waals surface area contributed by atoms with Gasteiger partial charge < -0.3 is 4.74 Å². The third kappa shape index (κ3) is 7.50. The molecular weight excluding hydrogens is 156 g/mol. The van der Waals surface area contributed by atoms with Gasteiger partial charge in [0.05, 0.1) is 0 Å². The average Bonchev–Trinajstić information content (AvgIpc) is 2.05. The molecule has 4 nitrogen and oxygen atoms in total. The Bertz CT molecular complexity index is 118. The molecule has 0 aliphatic heterocycles. The lowest BCUT2D eigenvalue weighted by Crippen LogP contribution is -2.39. The predicted octanol–water partition coefficient (Wildman–Crippen LogP) is 0.444. The number of hydrazine groups is 1. The van der Waals surface area contributed by atoms with E-state index in [0.717, 1.165) is 13.0 Å². The van der Waals surface area contributed by atoms with Gasteiger partial charge in [-0.05, 0) is 6.42 Å². The summed E-state index contributed by atoms with van der Waals surface area (Å²) in [7, 11) is 1.50. The second-order valence-corrected chi connectivity index (χ2v) is 2.62. The Morgan fingerprint density at radius 3 is 2.75 bits per heavy atom. The van der Waals surface area contributed by atoms with Gasteiger partial charge in [0, 0.05) is 13.7 Å². The van der Waals surface area contributed by atoms with Crippen LogP contribution in [0.15, 0.2) is 0 Å². The van der Waals surface area contributed by atoms with Gasteiger partial charge in [0.2, 0.25) is 0 Å². The Hall–Kier alpha value is -0.610. The van der Waals surface area contributed by atoms with Crippen molar-refractivity contribution in [1.29, 1.82) is 0 Å². The topological polar surface area (TPSA) is 50.4 Å². The molecule has 2 N–H and O–H groups in total. The molecule has 0 aliphatic carbocycles. The molecule has 0 radical (unpaired) electrons. The fourth-order valence-electron chi connectivity index (χ4n) is 0.792. The first-order valence-electron chi connectivity index (χ1n) is 4.32. The molecule has 0 spiro atoms. The van der Waals surface area contributed by atoms with E-state index in [1.165, 1.54) is 20.0 Å². The molecule has 0 heterocycles. The van der Waals surface area contributed by atoms with Gasteiger partial charge in [-0.2, -0.15) is 0 Å². The lowest BCUT2D eigenvalue weighted by atomic mass is 10.2. The van der Waals surface area contributed by atoms with Gasteiger partial charge in [-0.3, -0.25) is 10.2 Å². The third-order valence-corrected chi connectivity index (χ3v) is 1.41. The second-order valence-electron chi connectivity index (χ2n) is 2.62. The summed E-state index contributed by atoms with van der Waals surface area (Å²) < 4.78 is 4.63. The van der Waals surface area contributed by atoms with E-state index in [2.05, 4.69) is 22.5 Å². The van der Waals surface area contributed by atoms with Gasteiger partial charge in [-0.1, -0.05) is 19.8 Å². The van der Waals surface area contributed by atoms with Gasteiger partial charge in [-0.25, -0.2) is 5.43 Å². The molecule has 4 heteroatoms. The summed E-state index contributed by atoms with van der Waals surface area (Å²) in [5.41, 5.74) is 5.35. The van der Waals surface area contributed by atoms with Crippen LogP contribution < -0.4 is 10.9 Å². The summed E-state index contributed by atoms with van der Waals surface area (Å²) in [4.78, 5) is 10.8. The molecule has 0 rings (SSSR count). The van der Waals surface area contributed by atoms with Gasteiger partial charge in [0.1, 0.15) is 6.61 Å². The van der Waals surface area contributed by atoms with Crippen LogP contribution in [-0.2, 0) is 9.53 Å². The van der Waals surface area contributed by atoms with Crippen molar-refractivity contribution in [3.8, 4) is 0 Å². The molecule has 1 amide bonds. The lowest BCUT2D eigenvalue weighted by molar-refractivity contribution is -0.125. The molecule has 0 bridgehead atoms. The minimum absolute atomic E-state index is 0.112. The van der Waals surface area contributed by atoms with Crippen LogP contribution in [0.4, 0.5) is 0 Å². The molecule has 0 aliphatic rings. The van der Waals surface area contributed by atoms with Crippen LogP contribution >= 0.6 is 0 Å². The van der Waals surface area contributed by atoms with Crippen molar-refractivity contribution in [3.05, 3.63) is 0 Å². The fourth-order valence-corrected chi connectivity index (χ4v) is 0.792. The predicted molar refractivity (Wildman–Crippen MR) is 47.5 cm³/mol. The number of hydrogen-bond acceptors (Lipinski definition) is 3. The number of carbonyl (C=O) groups is 1. The van der Waals surface area contributed by atoms with E-state index >= 15 is 0 Å². The van der Waals surface area contributed by atoms with Crippen LogP contribution in [0.2, 0.25) is 0 Å². The molecule has 0 aromatic rings. The van der Waals surface area contributed by atoms with Crippen molar-refractivity contribution in [2.24, 2.45) is 0 Å². The normalized spacial score (nSPS) is 9.83. The SMILES string of the molecule is CCCCCNNC(=O)COC. The zero-order valence-corrected chi connectivity index (χ0v) is 7.85. The van der Waals surface area contributed by atoms with Crippen molar-refractivity contribution < 1.29 is 9.53 Å². The summed E-state index contributed by atoms with van der Waals surface area (Å²) >= 11 is 0. The fraction of sp³-hybridized carbons (Fsp3) is 0.875. The third-order valence-electron chi connectivity index (χ3n) is 1.41. The molecule has 72 valence electrons. The maximum absolute atomic E-state index is 10.8. The highest BCUT2D eigenvalue weighted by atomic mass is 16.5. The summed E-state index contributed by atoms with van der Waals surface area (Å²) in [5.74, 6) is -0.131. The Balaban J connectivity index is 3.03. The number of carbonyl (C=O) groups excluding carboxylic acids is 1. The van der Waals surface area contributed by atoms with E-state index in [4.69, 9.17) is 0 Å². The van der Waals surface area contributed by atoms with Gasteiger partial charge in [0.15, 0.2) is 0 Å². The highest BCUT2D eigenvalue weighted by Crippen LogP contribution is 1.89. The van der Waals surface area contributed by atoms with Crippen molar-refractivity contribution in [2.75, 3.05) is 20.3 Å². The molecule has 0 fully saturated rings. The Kier molecular flexibility index (Phi) is 8.05. The van der Waals surface area contributed by atoms with Crippen LogP contribution in [0.5, 0.6) is 0 Å². The number of ether oxygens (including phenoxy) is 1. The number of unbranched alkanes of at least 4 members (excludes halogenated alkanes) is 2. The molecule has 0 atom stereocenters. The van der Waals surface area contributed by atoms with Gasteiger partial charge in [0.25, 0.3) is 5.91 Å². The minimum atomic E-state index is -0.131. The lowest BCUT2D eigenvalue weighted by Gasteiger charge is -2.05. The first-order valence-corrected chi connectivity index (χ1v) is 4.32. The van der Waals surface area contributed by atoms with Gasteiger partial charge in [-0.15, -0.1) is 0 Å². The summed E-state index contributed by atoms with van der Waals surface area (Å²) in [6.45, 7) is 3.08. The minimum Gasteiger partial charge on any atom is -0.375 e. The molecule has 0 saturated heterocycles. The largest absolute Gasteiger partial charge is 0.375 e. The van der Waals surface area contributed by atoms with Crippen LogP contribution in [0.1, 0.15) is 26.2 Å². The number of rotatable bonds is 7. The standard InChI is InChI=1S/C8H18N2O2/c1-3-4-5-6-9-10-8(11)7-12-2/h9H,3-7H2,1-2H3,(H,10,11). The molecular formula is C8H18N2O2. The van der Waals surface area contributed by atoms with E-state index in [9.17, 15) is 4.79 Å². The van der Waals surface area contributed by atoms with E-state index in [1.807, 2.05) is 0 Å². The molecule has 12 heavy (non-hydrogen) atoms. The van der Waals surface area contributed by atoms with E-state index in [-0.39, 0.29) is 12.5 Å². The zero-order valence-electron chi connectivity index (χ0n) is 7.85. The first kappa shape index (κ1) is 11.4. The quantitative estimate of drug-likeness (QED) is 0.435. The van der Waals surface area contributed by atoms with E-state index in [1.54, 1.807) is 0 Å². The number of methoxy groups -OCH3 is 1. The molecule has 0 saturated carbocycles. The zero-order chi connectivity index (χ0) is 9.23.